The van der Waals surface area contributed by atoms with Crippen LogP contribution in [0.2, 0.25) is 0 Å². The Kier molecular flexibility index (Phi) is 4.56. The van der Waals surface area contributed by atoms with Gasteiger partial charge >= 0.3 is 12.0 Å². The van der Waals surface area contributed by atoms with Crippen LogP contribution in [0, 0.1) is 0 Å². The second-order valence-electron chi connectivity index (χ2n) is 3.91. The van der Waals surface area contributed by atoms with Crippen LogP contribution in [-0.2, 0) is 11.3 Å². The summed E-state index contributed by atoms with van der Waals surface area (Å²) in [5.41, 5.74) is 0.831. The van der Waals surface area contributed by atoms with E-state index >= 15 is 0 Å². The smallest absolute Gasteiger partial charge is 0.323 e. The highest BCUT2D eigenvalue weighted by Gasteiger charge is 2.19. The molecular weight excluding hydrogens is 224 g/mol. The number of furan rings is 1. The molecule has 1 aromatic heterocycles. The van der Waals surface area contributed by atoms with Gasteiger partial charge in [-0.25, -0.2) is 4.79 Å². The standard InChI is InChI=1S/C11H16N2O4/c1-8(2)13(6-10(14)15)11(16)12-5-9-3-4-17-7-9/h3-4,7-8H,5-6H2,1-2H3,(H,12,16)(H,14,15). The van der Waals surface area contributed by atoms with Gasteiger partial charge in [0, 0.05) is 18.2 Å². The summed E-state index contributed by atoms with van der Waals surface area (Å²) in [5, 5.41) is 11.3. The Labute approximate surface area is 99.2 Å². The average molecular weight is 240 g/mol. The number of hydrogen-bond acceptors (Lipinski definition) is 3. The van der Waals surface area contributed by atoms with Crippen LogP contribution in [0.25, 0.3) is 0 Å². The van der Waals surface area contributed by atoms with E-state index in [1.165, 1.54) is 17.4 Å². The van der Waals surface area contributed by atoms with Crippen molar-refractivity contribution in [3.05, 3.63) is 24.2 Å². The molecule has 0 saturated carbocycles. The molecule has 0 bridgehead atoms. The van der Waals surface area contributed by atoms with Crippen LogP contribution in [0.1, 0.15) is 19.4 Å². The Balaban J connectivity index is 2.50. The van der Waals surface area contributed by atoms with Crippen molar-refractivity contribution in [1.29, 1.82) is 0 Å². The van der Waals surface area contributed by atoms with Crippen LogP contribution in [0.3, 0.4) is 0 Å². The van der Waals surface area contributed by atoms with E-state index in [0.29, 0.717) is 6.54 Å². The van der Waals surface area contributed by atoms with Crippen LogP contribution < -0.4 is 5.32 Å². The molecule has 1 aromatic rings. The van der Waals surface area contributed by atoms with E-state index in [1.807, 2.05) is 0 Å². The summed E-state index contributed by atoms with van der Waals surface area (Å²) in [6.07, 6.45) is 3.04. The molecule has 2 amide bonds. The van der Waals surface area contributed by atoms with Crippen molar-refractivity contribution in [1.82, 2.24) is 10.2 Å². The number of nitrogens with zero attached hydrogens (tertiary/aromatic N) is 1. The van der Waals surface area contributed by atoms with Gasteiger partial charge in [-0.3, -0.25) is 4.79 Å². The molecule has 0 aliphatic heterocycles. The minimum atomic E-state index is -1.03. The average Bonchev–Trinajstić information content (AvgIpc) is 2.74. The SMILES string of the molecule is CC(C)N(CC(=O)O)C(=O)NCc1ccoc1. The number of carboxylic acid groups (broad SMARTS) is 1. The summed E-state index contributed by atoms with van der Waals surface area (Å²) in [7, 11) is 0. The first-order chi connectivity index (χ1) is 8.00. The third kappa shape index (κ3) is 4.18. The number of hydrogen-bond donors (Lipinski definition) is 2. The number of nitrogens with one attached hydrogen (secondary N) is 1. The summed E-state index contributed by atoms with van der Waals surface area (Å²) >= 11 is 0. The molecule has 6 nitrogen and oxygen atoms in total. The molecule has 0 radical (unpaired) electrons. The number of carbonyl (C=O) groups is 2. The Hall–Kier alpha value is -1.98. The van der Waals surface area contributed by atoms with Gasteiger partial charge < -0.3 is 19.7 Å². The molecular formula is C11H16N2O4. The summed E-state index contributed by atoms with van der Waals surface area (Å²) in [5.74, 6) is -1.03. The molecule has 0 aliphatic carbocycles. The van der Waals surface area contributed by atoms with Crippen LogP contribution in [0.4, 0.5) is 4.79 Å². The number of rotatable bonds is 5. The molecule has 0 atom stereocenters. The summed E-state index contributed by atoms with van der Waals surface area (Å²) in [4.78, 5) is 23.6. The molecule has 17 heavy (non-hydrogen) atoms. The summed E-state index contributed by atoms with van der Waals surface area (Å²) in [6, 6.07) is 1.16. The number of carboxylic acids is 1. The first-order valence-corrected chi connectivity index (χ1v) is 5.28. The Bertz CT molecular complexity index is 373. The highest BCUT2D eigenvalue weighted by Crippen LogP contribution is 2.02. The number of aliphatic carboxylic acids is 1. The molecule has 6 heteroatoms. The van der Waals surface area contributed by atoms with Gasteiger partial charge in [0.25, 0.3) is 0 Å². The number of carbonyl (C=O) groups excluding carboxylic acids is 1. The zero-order valence-corrected chi connectivity index (χ0v) is 9.84. The fourth-order valence-electron chi connectivity index (χ4n) is 1.31. The van der Waals surface area contributed by atoms with Gasteiger partial charge in [0.05, 0.1) is 12.5 Å². The van der Waals surface area contributed by atoms with E-state index < -0.39 is 12.0 Å². The van der Waals surface area contributed by atoms with Gasteiger partial charge in [-0.1, -0.05) is 0 Å². The largest absolute Gasteiger partial charge is 0.480 e. The molecule has 1 rings (SSSR count). The van der Waals surface area contributed by atoms with E-state index in [4.69, 9.17) is 9.52 Å². The van der Waals surface area contributed by atoms with E-state index in [0.717, 1.165) is 5.56 Å². The van der Waals surface area contributed by atoms with Gasteiger partial charge in [-0.05, 0) is 19.9 Å². The van der Waals surface area contributed by atoms with Crippen LogP contribution >= 0.6 is 0 Å². The van der Waals surface area contributed by atoms with Crippen molar-refractivity contribution in [3.8, 4) is 0 Å². The van der Waals surface area contributed by atoms with Gasteiger partial charge in [0.15, 0.2) is 0 Å². The first kappa shape index (κ1) is 13.1. The van der Waals surface area contributed by atoms with Crippen LogP contribution in [0.15, 0.2) is 23.0 Å². The first-order valence-electron chi connectivity index (χ1n) is 5.28. The maximum absolute atomic E-state index is 11.7. The molecule has 0 aliphatic rings. The molecule has 0 spiro atoms. The lowest BCUT2D eigenvalue weighted by Gasteiger charge is -2.24. The van der Waals surface area contributed by atoms with Crippen LogP contribution in [0.5, 0.6) is 0 Å². The van der Waals surface area contributed by atoms with Gasteiger partial charge in [0.1, 0.15) is 6.54 Å². The maximum atomic E-state index is 11.7. The molecule has 0 aromatic carbocycles. The van der Waals surface area contributed by atoms with Gasteiger partial charge in [-0.15, -0.1) is 0 Å². The van der Waals surface area contributed by atoms with E-state index in [1.54, 1.807) is 19.9 Å². The number of amides is 2. The summed E-state index contributed by atoms with van der Waals surface area (Å²) in [6.45, 7) is 3.54. The predicted octanol–water partition coefficient (Wildman–Crippen LogP) is 1.28. The molecule has 0 saturated heterocycles. The van der Waals surface area contributed by atoms with E-state index in [2.05, 4.69) is 5.32 Å². The molecule has 1 heterocycles. The topological polar surface area (TPSA) is 82.8 Å². The summed E-state index contributed by atoms with van der Waals surface area (Å²) < 4.78 is 4.86. The zero-order chi connectivity index (χ0) is 12.8. The highest BCUT2D eigenvalue weighted by molar-refractivity contribution is 5.80. The molecule has 0 fully saturated rings. The molecule has 0 unspecified atom stereocenters. The van der Waals surface area contributed by atoms with Gasteiger partial charge in [0.2, 0.25) is 0 Å². The quantitative estimate of drug-likeness (QED) is 0.812. The number of urea groups is 1. The van der Waals surface area contributed by atoms with E-state index in [-0.39, 0.29) is 12.6 Å². The molecule has 2 N–H and O–H groups in total. The minimum Gasteiger partial charge on any atom is -0.480 e. The monoisotopic (exact) mass is 240 g/mol. The second kappa shape index (κ2) is 5.93. The van der Waals surface area contributed by atoms with Crippen molar-refractivity contribution in [2.45, 2.75) is 26.4 Å². The Morgan fingerprint density at radius 2 is 2.24 bits per heavy atom. The third-order valence-electron chi connectivity index (χ3n) is 2.21. The molecule has 94 valence electrons. The van der Waals surface area contributed by atoms with Crippen molar-refractivity contribution >= 4 is 12.0 Å². The predicted molar refractivity (Wildman–Crippen MR) is 60.4 cm³/mol. The van der Waals surface area contributed by atoms with Crippen molar-refractivity contribution < 1.29 is 19.1 Å². The normalized spacial score (nSPS) is 10.3. The lowest BCUT2D eigenvalue weighted by molar-refractivity contribution is -0.138. The maximum Gasteiger partial charge on any atom is 0.323 e. The van der Waals surface area contributed by atoms with E-state index in [9.17, 15) is 9.59 Å². The van der Waals surface area contributed by atoms with Crippen molar-refractivity contribution in [2.75, 3.05) is 6.54 Å². The highest BCUT2D eigenvalue weighted by atomic mass is 16.4. The lowest BCUT2D eigenvalue weighted by atomic mass is 10.3. The fraction of sp³-hybridized carbons (Fsp3) is 0.455. The van der Waals surface area contributed by atoms with Crippen molar-refractivity contribution in [3.63, 3.8) is 0 Å². The lowest BCUT2D eigenvalue weighted by Crippen LogP contribution is -2.46. The van der Waals surface area contributed by atoms with Gasteiger partial charge in [-0.2, -0.15) is 0 Å². The Morgan fingerprint density at radius 1 is 1.53 bits per heavy atom. The third-order valence-corrected chi connectivity index (χ3v) is 2.21. The van der Waals surface area contributed by atoms with Crippen LogP contribution in [-0.4, -0.2) is 34.6 Å². The van der Waals surface area contributed by atoms with Crippen molar-refractivity contribution in [2.24, 2.45) is 0 Å². The second-order valence-corrected chi connectivity index (χ2v) is 3.91. The fourth-order valence-corrected chi connectivity index (χ4v) is 1.31. The minimum absolute atomic E-state index is 0.171. The Morgan fingerprint density at radius 3 is 2.71 bits per heavy atom. The zero-order valence-electron chi connectivity index (χ0n) is 9.84.